The van der Waals surface area contributed by atoms with Crippen molar-refractivity contribution in [1.29, 1.82) is 0 Å². The molecule has 144 valence electrons. The van der Waals surface area contributed by atoms with Gasteiger partial charge in [0.25, 0.3) is 0 Å². The van der Waals surface area contributed by atoms with Gasteiger partial charge in [0, 0.05) is 37.8 Å². The van der Waals surface area contributed by atoms with Gasteiger partial charge in [-0.05, 0) is 37.7 Å². The Balaban J connectivity index is 1.57. The largest absolute Gasteiger partial charge is 0.417 e. The van der Waals surface area contributed by atoms with Crippen molar-refractivity contribution in [2.45, 2.75) is 37.9 Å². The predicted molar refractivity (Wildman–Crippen MR) is 92.9 cm³/mol. The number of anilines is 1. The van der Waals surface area contributed by atoms with Crippen molar-refractivity contribution in [3.05, 3.63) is 22.8 Å². The van der Waals surface area contributed by atoms with E-state index in [-0.39, 0.29) is 22.9 Å². The molecule has 0 spiro atoms. The fourth-order valence-corrected chi connectivity index (χ4v) is 3.63. The average Bonchev–Trinajstić information content (AvgIpc) is 3.44. The second-order valence-electron chi connectivity index (χ2n) is 6.98. The zero-order chi connectivity index (χ0) is 18.9. The van der Waals surface area contributed by atoms with Gasteiger partial charge in [0.15, 0.2) is 0 Å². The Bertz CT molecular complexity index is 658. The normalized spacial score (nSPS) is 20.1. The smallest absolute Gasteiger partial charge is 0.355 e. The minimum absolute atomic E-state index is 0.0125. The number of alkyl halides is 3. The van der Waals surface area contributed by atoms with Crippen LogP contribution in [0.1, 0.15) is 31.2 Å². The van der Waals surface area contributed by atoms with Crippen LogP contribution in [0.4, 0.5) is 19.0 Å². The van der Waals surface area contributed by atoms with Crippen molar-refractivity contribution < 1.29 is 18.0 Å². The van der Waals surface area contributed by atoms with E-state index in [0.29, 0.717) is 44.2 Å². The lowest BCUT2D eigenvalue weighted by Gasteiger charge is -2.33. The maximum atomic E-state index is 12.7. The number of carbonyl (C=O) groups is 1. The zero-order valence-electron chi connectivity index (χ0n) is 14.2. The first-order valence-corrected chi connectivity index (χ1v) is 9.15. The number of halogens is 4. The minimum atomic E-state index is -4.47. The van der Waals surface area contributed by atoms with Crippen LogP contribution in [0.3, 0.4) is 0 Å². The highest BCUT2D eigenvalue weighted by molar-refractivity contribution is 6.33. The maximum Gasteiger partial charge on any atom is 0.417 e. The summed E-state index contributed by atoms with van der Waals surface area (Å²) in [6, 6.07) is 0.941. The van der Waals surface area contributed by atoms with Gasteiger partial charge >= 0.3 is 6.18 Å². The van der Waals surface area contributed by atoms with Gasteiger partial charge in [0.2, 0.25) is 5.91 Å². The van der Waals surface area contributed by atoms with Gasteiger partial charge in [-0.1, -0.05) is 11.6 Å². The molecule has 1 saturated heterocycles. The summed E-state index contributed by atoms with van der Waals surface area (Å²) in [4.78, 5) is 18.1. The standard InChI is InChI=1S/C17H22ClF3N4O/c18-13-7-12(17(19,20)21)9-23-15(13)25-5-3-11(4-6-25)16(26)24-14(8-22)10-1-2-10/h7,9-11,14H,1-6,8,22H2,(H,24,26). The fraction of sp³-hybridized carbons (Fsp3) is 0.647. The van der Waals surface area contributed by atoms with Gasteiger partial charge in [0.05, 0.1) is 10.6 Å². The lowest BCUT2D eigenvalue weighted by Crippen LogP contribution is -2.47. The van der Waals surface area contributed by atoms with Gasteiger partial charge in [0.1, 0.15) is 5.82 Å². The first-order chi connectivity index (χ1) is 12.3. The van der Waals surface area contributed by atoms with E-state index in [4.69, 9.17) is 17.3 Å². The number of piperidine rings is 1. The van der Waals surface area contributed by atoms with Crippen molar-refractivity contribution in [3.8, 4) is 0 Å². The Labute approximate surface area is 155 Å². The molecular weight excluding hydrogens is 369 g/mol. The molecule has 2 aliphatic rings. The van der Waals surface area contributed by atoms with Gasteiger partial charge in [-0.3, -0.25) is 4.79 Å². The Hall–Kier alpha value is -1.54. The summed E-state index contributed by atoms with van der Waals surface area (Å²) in [5.74, 6) is 0.723. The fourth-order valence-electron chi connectivity index (χ4n) is 3.34. The van der Waals surface area contributed by atoms with Gasteiger partial charge in [-0.25, -0.2) is 4.98 Å². The number of nitrogens with two attached hydrogens (primary N) is 1. The quantitative estimate of drug-likeness (QED) is 0.811. The number of amides is 1. The number of carbonyl (C=O) groups excluding carboxylic acids is 1. The summed E-state index contributed by atoms with van der Waals surface area (Å²) in [5, 5.41) is 3.01. The molecule has 9 heteroatoms. The van der Waals surface area contributed by atoms with Gasteiger partial charge < -0.3 is 16.0 Å². The molecule has 1 saturated carbocycles. The third-order valence-electron chi connectivity index (χ3n) is 5.09. The molecule has 3 rings (SSSR count). The van der Waals surface area contributed by atoms with Crippen LogP contribution in [0, 0.1) is 11.8 Å². The molecular formula is C17H22ClF3N4O. The van der Waals surface area contributed by atoms with Crippen LogP contribution in [0.5, 0.6) is 0 Å². The van der Waals surface area contributed by atoms with Crippen molar-refractivity contribution >= 4 is 23.3 Å². The maximum absolute atomic E-state index is 12.7. The summed E-state index contributed by atoms with van der Waals surface area (Å²) in [7, 11) is 0. The highest BCUT2D eigenvalue weighted by Gasteiger charge is 2.35. The van der Waals surface area contributed by atoms with E-state index in [1.807, 2.05) is 4.90 Å². The summed E-state index contributed by atoms with van der Waals surface area (Å²) in [5.41, 5.74) is 4.86. The Kier molecular flexibility index (Phi) is 5.62. The summed E-state index contributed by atoms with van der Waals surface area (Å²) in [6.45, 7) is 1.49. The molecule has 2 heterocycles. The SMILES string of the molecule is NCC(NC(=O)C1CCN(c2ncc(C(F)(F)F)cc2Cl)CC1)C1CC1. The molecule has 0 aromatic carbocycles. The third kappa shape index (κ3) is 4.40. The van der Waals surface area contributed by atoms with Crippen molar-refractivity contribution in [2.75, 3.05) is 24.5 Å². The molecule has 5 nitrogen and oxygen atoms in total. The third-order valence-corrected chi connectivity index (χ3v) is 5.37. The first kappa shape index (κ1) is 19.2. The Morgan fingerprint density at radius 2 is 2.00 bits per heavy atom. The number of hydrogen-bond donors (Lipinski definition) is 2. The highest BCUT2D eigenvalue weighted by Crippen LogP contribution is 2.35. The second-order valence-corrected chi connectivity index (χ2v) is 7.38. The average molecular weight is 391 g/mol. The molecule has 1 aromatic rings. The number of pyridine rings is 1. The van der Waals surface area contributed by atoms with E-state index >= 15 is 0 Å². The molecule has 0 bridgehead atoms. The van der Waals surface area contributed by atoms with Crippen molar-refractivity contribution in [1.82, 2.24) is 10.3 Å². The van der Waals surface area contributed by atoms with Gasteiger partial charge in [-0.2, -0.15) is 13.2 Å². The van der Waals surface area contributed by atoms with E-state index in [1.165, 1.54) is 0 Å². The topological polar surface area (TPSA) is 71.2 Å². The molecule has 1 amide bonds. The van der Waals surface area contributed by atoms with Crippen molar-refractivity contribution in [3.63, 3.8) is 0 Å². The molecule has 1 aromatic heterocycles. The van der Waals surface area contributed by atoms with Crippen LogP contribution in [-0.4, -0.2) is 36.6 Å². The minimum Gasteiger partial charge on any atom is -0.355 e. The Morgan fingerprint density at radius 1 is 1.35 bits per heavy atom. The summed E-state index contributed by atoms with van der Waals surface area (Å²) < 4.78 is 38.1. The molecule has 1 aliphatic carbocycles. The summed E-state index contributed by atoms with van der Waals surface area (Å²) >= 11 is 6.00. The van der Waals surface area contributed by atoms with E-state index < -0.39 is 11.7 Å². The van der Waals surface area contributed by atoms with Crippen LogP contribution in [-0.2, 0) is 11.0 Å². The molecule has 1 aliphatic heterocycles. The zero-order valence-corrected chi connectivity index (χ0v) is 15.0. The number of nitrogens with one attached hydrogen (secondary N) is 1. The molecule has 1 atom stereocenters. The summed E-state index contributed by atoms with van der Waals surface area (Å²) in [6.07, 6.45) is -0.250. The molecule has 2 fully saturated rings. The van der Waals surface area contributed by atoms with Crippen molar-refractivity contribution in [2.24, 2.45) is 17.6 Å². The van der Waals surface area contributed by atoms with Crippen LogP contribution < -0.4 is 16.0 Å². The van der Waals surface area contributed by atoms with Gasteiger partial charge in [-0.15, -0.1) is 0 Å². The van der Waals surface area contributed by atoms with E-state index in [0.717, 1.165) is 25.1 Å². The number of rotatable bonds is 5. The molecule has 1 unspecified atom stereocenters. The monoisotopic (exact) mass is 390 g/mol. The van der Waals surface area contributed by atoms with Crippen LogP contribution >= 0.6 is 11.6 Å². The van der Waals surface area contributed by atoms with Crippen LogP contribution in [0.2, 0.25) is 5.02 Å². The second kappa shape index (κ2) is 7.60. The van der Waals surface area contributed by atoms with E-state index in [2.05, 4.69) is 10.3 Å². The van der Waals surface area contributed by atoms with E-state index in [1.54, 1.807) is 0 Å². The van der Waals surface area contributed by atoms with Crippen LogP contribution in [0.25, 0.3) is 0 Å². The molecule has 3 N–H and O–H groups in total. The van der Waals surface area contributed by atoms with Crippen LogP contribution in [0.15, 0.2) is 12.3 Å². The first-order valence-electron chi connectivity index (χ1n) is 8.77. The highest BCUT2D eigenvalue weighted by atomic mass is 35.5. The lowest BCUT2D eigenvalue weighted by atomic mass is 9.95. The molecule has 26 heavy (non-hydrogen) atoms. The predicted octanol–water partition coefficient (Wildman–Crippen LogP) is 2.82. The van der Waals surface area contributed by atoms with E-state index in [9.17, 15) is 18.0 Å². The number of aromatic nitrogens is 1. The number of hydrogen-bond acceptors (Lipinski definition) is 4. The number of nitrogens with zero attached hydrogens (tertiary/aromatic N) is 2. The molecule has 0 radical (unpaired) electrons. The lowest BCUT2D eigenvalue weighted by molar-refractivity contribution is -0.137. The Morgan fingerprint density at radius 3 is 2.50 bits per heavy atom.